The smallest absolute Gasteiger partial charge is 0.219 e. The molecule has 0 saturated carbocycles. The quantitative estimate of drug-likeness (QED) is 0.590. The highest BCUT2D eigenvalue weighted by atomic mass is 19.1. The Morgan fingerprint density at radius 1 is 1.58 bits per heavy atom. The van der Waals surface area contributed by atoms with E-state index in [2.05, 4.69) is 0 Å². The molecular weight excluding hydrogens is 157 g/mol. The fourth-order valence-corrected chi connectivity index (χ4v) is 1.54. The molecule has 0 bridgehead atoms. The first-order valence-electron chi connectivity index (χ1n) is 4.40. The van der Waals surface area contributed by atoms with Crippen LogP contribution in [0.1, 0.15) is 27.2 Å². The fourth-order valence-electron chi connectivity index (χ4n) is 1.54. The van der Waals surface area contributed by atoms with Gasteiger partial charge in [-0.3, -0.25) is 4.79 Å². The summed E-state index contributed by atoms with van der Waals surface area (Å²) in [4.78, 5) is 12.5. The number of carbonyl (C=O) groups excluding carboxylic acids is 1. The van der Waals surface area contributed by atoms with Crippen molar-refractivity contribution >= 4 is 5.91 Å². The molecule has 0 N–H and O–H groups in total. The molecule has 0 aromatic heterocycles. The van der Waals surface area contributed by atoms with E-state index in [1.807, 2.05) is 13.8 Å². The molecule has 1 amide bonds. The van der Waals surface area contributed by atoms with Crippen LogP contribution in [0.3, 0.4) is 0 Å². The molecule has 12 heavy (non-hydrogen) atoms. The van der Waals surface area contributed by atoms with Gasteiger partial charge in [-0.2, -0.15) is 0 Å². The predicted octanol–water partition coefficient (Wildman–Crippen LogP) is 1.60. The Kier molecular flexibility index (Phi) is 2.40. The molecule has 1 saturated heterocycles. The molecule has 0 aromatic rings. The second-order valence-corrected chi connectivity index (χ2v) is 3.88. The number of carbonyl (C=O) groups is 1. The summed E-state index contributed by atoms with van der Waals surface area (Å²) in [6, 6.07) is 0. The zero-order chi connectivity index (χ0) is 9.35. The van der Waals surface area contributed by atoms with Gasteiger partial charge >= 0.3 is 0 Å². The van der Waals surface area contributed by atoms with Crippen LogP contribution < -0.4 is 0 Å². The lowest BCUT2D eigenvalue weighted by Gasteiger charge is -2.23. The molecule has 1 aliphatic heterocycles. The van der Waals surface area contributed by atoms with Gasteiger partial charge in [0.2, 0.25) is 5.91 Å². The monoisotopic (exact) mass is 173 g/mol. The highest BCUT2D eigenvalue weighted by molar-refractivity contribution is 5.73. The van der Waals surface area contributed by atoms with Crippen molar-refractivity contribution in [2.75, 3.05) is 13.1 Å². The molecule has 0 spiro atoms. The molecule has 0 radical (unpaired) electrons. The minimum Gasteiger partial charge on any atom is -0.340 e. The van der Waals surface area contributed by atoms with Gasteiger partial charge in [0.15, 0.2) is 0 Å². The maximum atomic E-state index is 13.9. The Morgan fingerprint density at radius 2 is 2.17 bits per heavy atom. The van der Waals surface area contributed by atoms with Crippen molar-refractivity contribution in [2.24, 2.45) is 5.92 Å². The first-order chi connectivity index (χ1) is 5.46. The molecule has 1 aliphatic rings. The standard InChI is InChI=1S/C9H16FNO/c1-7(2)9(10)4-5-11(6-9)8(3)12/h7H,4-6H2,1-3H3. The van der Waals surface area contributed by atoms with E-state index >= 15 is 0 Å². The topological polar surface area (TPSA) is 20.3 Å². The number of alkyl halides is 1. The number of rotatable bonds is 1. The van der Waals surface area contributed by atoms with Gasteiger partial charge < -0.3 is 4.90 Å². The molecule has 1 heterocycles. The van der Waals surface area contributed by atoms with Crippen LogP contribution in [-0.4, -0.2) is 29.6 Å². The summed E-state index contributed by atoms with van der Waals surface area (Å²) in [5.41, 5.74) is -1.15. The van der Waals surface area contributed by atoms with Gasteiger partial charge in [0.25, 0.3) is 0 Å². The van der Waals surface area contributed by atoms with Gasteiger partial charge in [-0.25, -0.2) is 4.39 Å². The van der Waals surface area contributed by atoms with Crippen molar-refractivity contribution in [3.05, 3.63) is 0 Å². The van der Waals surface area contributed by atoms with E-state index in [-0.39, 0.29) is 18.4 Å². The molecule has 1 unspecified atom stereocenters. The molecule has 1 fully saturated rings. The van der Waals surface area contributed by atoms with E-state index in [0.717, 1.165) is 0 Å². The lowest BCUT2D eigenvalue weighted by Crippen LogP contribution is -2.35. The lowest BCUT2D eigenvalue weighted by atomic mass is 9.92. The minimum absolute atomic E-state index is 0.00171. The minimum atomic E-state index is -1.15. The van der Waals surface area contributed by atoms with Crippen LogP contribution in [0.15, 0.2) is 0 Å². The maximum Gasteiger partial charge on any atom is 0.219 e. The van der Waals surface area contributed by atoms with Crippen LogP contribution >= 0.6 is 0 Å². The summed E-state index contributed by atoms with van der Waals surface area (Å²) in [5, 5.41) is 0. The largest absolute Gasteiger partial charge is 0.340 e. The van der Waals surface area contributed by atoms with Gasteiger partial charge in [0, 0.05) is 19.9 Å². The Bertz CT molecular complexity index is 193. The Morgan fingerprint density at radius 3 is 2.42 bits per heavy atom. The number of hydrogen-bond acceptors (Lipinski definition) is 1. The van der Waals surface area contributed by atoms with Gasteiger partial charge in [0.1, 0.15) is 5.67 Å². The van der Waals surface area contributed by atoms with E-state index in [0.29, 0.717) is 13.0 Å². The van der Waals surface area contributed by atoms with Crippen molar-refractivity contribution in [3.8, 4) is 0 Å². The van der Waals surface area contributed by atoms with Gasteiger partial charge in [-0.05, 0) is 5.92 Å². The van der Waals surface area contributed by atoms with E-state index in [4.69, 9.17) is 0 Å². The highest BCUT2D eigenvalue weighted by Crippen LogP contribution is 2.32. The van der Waals surface area contributed by atoms with Crippen molar-refractivity contribution in [2.45, 2.75) is 32.9 Å². The average Bonchev–Trinajstić information content (AvgIpc) is 2.33. The van der Waals surface area contributed by atoms with Gasteiger partial charge in [0.05, 0.1) is 6.54 Å². The highest BCUT2D eigenvalue weighted by Gasteiger charge is 2.41. The first-order valence-corrected chi connectivity index (χ1v) is 4.40. The lowest BCUT2D eigenvalue weighted by molar-refractivity contribution is -0.128. The van der Waals surface area contributed by atoms with Crippen LogP contribution in [-0.2, 0) is 4.79 Å². The Balaban J connectivity index is 2.60. The van der Waals surface area contributed by atoms with Crippen molar-refractivity contribution in [3.63, 3.8) is 0 Å². The SMILES string of the molecule is CC(=O)N1CCC(F)(C(C)C)C1. The summed E-state index contributed by atoms with van der Waals surface area (Å²) in [6.07, 6.45) is 0.490. The third kappa shape index (κ3) is 1.59. The third-order valence-electron chi connectivity index (χ3n) is 2.73. The third-order valence-corrected chi connectivity index (χ3v) is 2.73. The van der Waals surface area contributed by atoms with E-state index in [9.17, 15) is 9.18 Å². The van der Waals surface area contributed by atoms with E-state index < -0.39 is 5.67 Å². The van der Waals surface area contributed by atoms with Crippen LogP contribution in [0, 0.1) is 5.92 Å². The van der Waals surface area contributed by atoms with E-state index in [1.165, 1.54) is 6.92 Å². The summed E-state index contributed by atoms with van der Waals surface area (Å²) >= 11 is 0. The second-order valence-electron chi connectivity index (χ2n) is 3.88. The molecule has 1 atom stereocenters. The second kappa shape index (κ2) is 3.04. The van der Waals surface area contributed by atoms with Crippen molar-refractivity contribution in [1.82, 2.24) is 4.90 Å². The molecule has 70 valence electrons. The average molecular weight is 173 g/mol. The predicted molar refractivity (Wildman–Crippen MR) is 45.5 cm³/mol. The molecule has 2 nitrogen and oxygen atoms in total. The molecule has 0 aliphatic carbocycles. The Hall–Kier alpha value is -0.600. The maximum absolute atomic E-state index is 13.9. The molecule has 1 rings (SSSR count). The summed E-state index contributed by atoms with van der Waals surface area (Å²) in [7, 11) is 0. The number of amides is 1. The summed E-state index contributed by atoms with van der Waals surface area (Å²) in [6.45, 7) is 6.07. The normalized spacial score (nSPS) is 29.9. The van der Waals surface area contributed by atoms with Crippen LogP contribution in [0.4, 0.5) is 4.39 Å². The zero-order valence-corrected chi connectivity index (χ0v) is 7.93. The Labute approximate surface area is 72.7 Å². The van der Waals surface area contributed by atoms with E-state index in [1.54, 1.807) is 4.90 Å². The van der Waals surface area contributed by atoms with Gasteiger partial charge in [-0.15, -0.1) is 0 Å². The van der Waals surface area contributed by atoms with Crippen LogP contribution in [0.5, 0.6) is 0 Å². The molecule has 3 heteroatoms. The fraction of sp³-hybridized carbons (Fsp3) is 0.889. The molecule has 0 aromatic carbocycles. The first kappa shape index (κ1) is 9.49. The number of halogens is 1. The number of likely N-dealkylation sites (tertiary alicyclic amines) is 1. The molecular formula is C9H16FNO. The number of hydrogen-bond donors (Lipinski definition) is 0. The summed E-state index contributed by atoms with van der Waals surface area (Å²) < 4.78 is 13.9. The van der Waals surface area contributed by atoms with Crippen LogP contribution in [0.25, 0.3) is 0 Å². The zero-order valence-electron chi connectivity index (χ0n) is 7.93. The van der Waals surface area contributed by atoms with Crippen molar-refractivity contribution in [1.29, 1.82) is 0 Å². The number of nitrogens with zero attached hydrogens (tertiary/aromatic N) is 1. The summed E-state index contributed by atoms with van der Waals surface area (Å²) in [5.74, 6) is -0.0166. The van der Waals surface area contributed by atoms with Gasteiger partial charge in [-0.1, -0.05) is 13.8 Å². The van der Waals surface area contributed by atoms with Crippen LogP contribution in [0.2, 0.25) is 0 Å². The van der Waals surface area contributed by atoms with Crippen molar-refractivity contribution < 1.29 is 9.18 Å².